The van der Waals surface area contributed by atoms with Crippen molar-refractivity contribution in [3.05, 3.63) is 18.6 Å². The average molecular weight is 261 g/mol. The molecule has 0 aliphatic heterocycles. The summed E-state index contributed by atoms with van der Waals surface area (Å²) in [4.78, 5) is 10.7. The first-order chi connectivity index (χ1) is 9.16. The van der Waals surface area contributed by atoms with E-state index in [1.165, 1.54) is 0 Å². The molecule has 6 heteroatoms. The first-order valence-electron chi connectivity index (χ1n) is 6.67. The number of nitrogens with zero attached hydrogens (tertiary/aromatic N) is 4. The van der Waals surface area contributed by atoms with Crippen LogP contribution in [0.15, 0.2) is 18.6 Å². The lowest BCUT2D eigenvalue weighted by atomic mass is 9.91. The van der Waals surface area contributed by atoms with Gasteiger partial charge in [-0.1, -0.05) is 12.8 Å². The van der Waals surface area contributed by atoms with E-state index in [-0.39, 0.29) is 12.1 Å². The van der Waals surface area contributed by atoms with Gasteiger partial charge in [0.15, 0.2) is 11.5 Å². The van der Waals surface area contributed by atoms with Crippen LogP contribution in [-0.4, -0.2) is 38.7 Å². The lowest BCUT2D eigenvalue weighted by Crippen LogP contribution is -2.44. The molecule has 1 aliphatic rings. The number of hydrogen-bond donors (Lipinski definition) is 2. The third-order valence-corrected chi connectivity index (χ3v) is 3.90. The Bertz CT molecular complexity index is 581. The predicted molar refractivity (Wildman–Crippen MR) is 74.1 cm³/mol. The Kier molecular flexibility index (Phi) is 3.02. The van der Waals surface area contributed by atoms with Crippen LogP contribution in [0.1, 0.15) is 25.7 Å². The zero-order valence-corrected chi connectivity index (χ0v) is 11.0. The van der Waals surface area contributed by atoms with Crippen molar-refractivity contribution in [1.29, 1.82) is 0 Å². The van der Waals surface area contributed by atoms with E-state index in [0.29, 0.717) is 5.82 Å². The molecule has 1 aliphatic carbocycles. The van der Waals surface area contributed by atoms with E-state index < -0.39 is 0 Å². The summed E-state index contributed by atoms with van der Waals surface area (Å²) in [7, 11) is 1.95. The van der Waals surface area contributed by atoms with Crippen molar-refractivity contribution in [2.45, 2.75) is 37.8 Å². The van der Waals surface area contributed by atoms with Crippen LogP contribution in [0.2, 0.25) is 0 Å². The smallest absolute Gasteiger partial charge is 0.180 e. The van der Waals surface area contributed by atoms with Crippen LogP contribution < -0.4 is 10.6 Å². The fourth-order valence-electron chi connectivity index (χ4n) is 2.87. The van der Waals surface area contributed by atoms with E-state index in [1.807, 2.05) is 22.5 Å². The lowest BCUT2D eigenvalue weighted by Gasteiger charge is -2.35. The average Bonchev–Trinajstić information content (AvgIpc) is 2.85. The number of anilines is 2. The molecule has 0 saturated heterocycles. The van der Waals surface area contributed by atoms with Gasteiger partial charge in [-0.2, -0.15) is 0 Å². The number of hydrogen-bond acceptors (Lipinski definition) is 5. The molecule has 2 aromatic rings. The van der Waals surface area contributed by atoms with Gasteiger partial charge in [-0.05, 0) is 12.8 Å². The van der Waals surface area contributed by atoms with Crippen LogP contribution in [0.3, 0.4) is 0 Å². The summed E-state index contributed by atoms with van der Waals surface area (Å²) in [5.41, 5.74) is 6.61. The molecule has 0 spiro atoms. The van der Waals surface area contributed by atoms with Gasteiger partial charge in [0.25, 0.3) is 0 Å². The molecule has 3 N–H and O–H groups in total. The van der Waals surface area contributed by atoms with Crippen molar-refractivity contribution < 1.29 is 5.11 Å². The van der Waals surface area contributed by atoms with Crippen molar-refractivity contribution in [3.63, 3.8) is 0 Å². The maximum absolute atomic E-state index is 10.2. The first kappa shape index (κ1) is 12.2. The highest BCUT2D eigenvalue weighted by Crippen LogP contribution is 2.28. The van der Waals surface area contributed by atoms with Crippen molar-refractivity contribution in [1.82, 2.24) is 14.4 Å². The van der Waals surface area contributed by atoms with E-state index in [2.05, 4.69) is 9.97 Å². The molecule has 2 unspecified atom stereocenters. The Morgan fingerprint density at radius 1 is 1.42 bits per heavy atom. The van der Waals surface area contributed by atoms with E-state index >= 15 is 0 Å². The summed E-state index contributed by atoms with van der Waals surface area (Å²) in [5, 5.41) is 10.2. The molecule has 0 bridgehead atoms. The lowest BCUT2D eigenvalue weighted by molar-refractivity contribution is 0.106. The van der Waals surface area contributed by atoms with Crippen LogP contribution in [0.4, 0.5) is 11.6 Å². The topological polar surface area (TPSA) is 79.7 Å². The maximum atomic E-state index is 10.2. The molecule has 1 saturated carbocycles. The van der Waals surface area contributed by atoms with Crippen molar-refractivity contribution >= 4 is 17.3 Å². The first-order valence-corrected chi connectivity index (χ1v) is 6.67. The van der Waals surface area contributed by atoms with Gasteiger partial charge in [-0.15, -0.1) is 0 Å². The molecule has 3 rings (SSSR count). The Hall–Kier alpha value is -1.82. The van der Waals surface area contributed by atoms with Crippen LogP contribution >= 0.6 is 0 Å². The van der Waals surface area contributed by atoms with Gasteiger partial charge in [-0.25, -0.2) is 9.97 Å². The molecule has 0 amide bonds. The van der Waals surface area contributed by atoms with Gasteiger partial charge in [-0.3, -0.25) is 0 Å². The van der Waals surface area contributed by atoms with Crippen LogP contribution in [0.25, 0.3) is 5.65 Å². The van der Waals surface area contributed by atoms with Gasteiger partial charge < -0.3 is 20.1 Å². The standard InChI is InChI=1S/C13H19N5O/c1-17(9-4-2-3-5-10(9)19)13-12-15-6-7-18(12)8-11(14)16-13/h6-10,19H,2-5,14H2,1H3. The highest BCUT2D eigenvalue weighted by Gasteiger charge is 2.28. The third kappa shape index (κ3) is 2.12. The molecule has 1 fully saturated rings. The van der Waals surface area contributed by atoms with Crippen LogP contribution in [0, 0.1) is 0 Å². The molecular formula is C13H19N5O. The summed E-state index contributed by atoms with van der Waals surface area (Å²) in [6, 6.07) is 0.0866. The number of rotatable bonds is 2. The highest BCUT2D eigenvalue weighted by atomic mass is 16.3. The zero-order valence-electron chi connectivity index (χ0n) is 11.0. The molecule has 2 atom stereocenters. The number of nitrogens with two attached hydrogens (primary N) is 1. The molecule has 6 nitrogen and oxygen atoms in total. The third-order valence-electron chi connectivity index (χ3n) is 3.90. The van der Waals surface area contributed by atoms with E-state index in [1.54, 1.807) is 12.4 Å². The molecule has 19 heavy (non-hydrogen) atoms. The summed E-state index contributed by atoms with van der Waals surface area (Å²) in [6.07, 6.45) is 9.07. The molecule has 0 aromatic carbocycles. The molecule has 2 heterocycles. The second kappa shape index (κ2) is 4.70. The van der Waals surface area contributed by atoms with E-state index in [4.69, 9.17) is 5.73 Å². The van der Waals surface area contributed by atoms with E-state index in [9.17, 15) is 5.11 Å². The van der Waals surface area contributed by atoms with Gasteiger partial charge in [0.05, 0.1) is 18.3 Å². The summed E-state index contributed by atoms with van der Waals surface area (Å²) >= 11 is 0. The van der Waals surface area contributed by atoms with Crippen molar-refractivity contribution in [3.8, 4) is 0 Å². The predicted octanol–water partition coefficient (Wildman–Crippen LogP) is 1.05. The van der Waals surface area contributed by atoms with Gasteiger partial charge in [0, 0.05) is 19.4 Å². The Morgan fingerprint density at radius 2 is 2.21 bits per heavy atom. The van der Waals surface area contributed by atoms with Crippen LogP contribution in [0.5, 0.6) is 0 Å². The number of fused-ring (bicyclic) bond motifs is 1. The molecule has 102 valence electrons. The summed E-state index contributed by atoms with van der Waals surface area (Å²) in [6.45, 7) is 0. The normalized spacial score (nSPS) is 23.7. The van der Waals surface area contributed by atoms with Crippen LogP contribution in [-0.2, 0) is 0 Å². The zero-order chi connectivity index (χ0) is 13.4. The SMILES string of the molecule is CN(c1nc(N)cn2ccnc12)C1CCCCC1O. The minimum Gasteiger partial charge on any atom is -0.391 e. The summed E-state index contributed by atoms with van der Waals surface area (Å²) in [5.74, 6) is 1.19. The number of imidazole rings is 1. The second-order valence-electron chi connectivity index (χ2n) is 5.18. The number of likely N-dealkylation sites (N-methyl/N-ethyl adjacent to an activating group) is 1. The Morgan fingerprint density at radius 3 is 3.00 bits per heavy atom. The highest BCUT2D eigenvalue weighted by molar-refractivity contribution is 5.66. The fourth-order valence-corrected chi connectivity index (χ4v) is 2.87. The molecular weight excluding hydrogens is 242 g/mol. The number of nitrogen functional groups attached to an aromatic ring is 1. The molecule has 0 radical (unpaired) electrons. The van der Waals surface area contributed by atoms with E-state index in [0.717, 1.165) is 37.1 Å². The Labute approximate surface area is 111 Å². The Balaban J connectivity index is 2.00. The van der Waals surface area contributed by atoms with Gasteiger partial charge in [0.2, 0.25) is 0 Å². The van der Waals surface area contributed by atoms with Crippen molar-refractivity contribution in [2.75, 3.05) is 17.7 Å². The minimum absolute atomic E-state index is 0.0866. The minimum atomic E-state index is -0.308. The maximum Gasteiger partial charge on any atom is 0.180 e. The van der Waals surface area contributed by atoms with Gasteiger partial charge in [0.1, 0.15) is 5.82 Å². The molecule has 2 aromatic heterocycles. The van der Waals surface area contributed by atoms with Gasteiger partial charge >= 0.3 is 0 Å². The number of aromatic nitrogens is 3. The fraction of sp³-hybridized carbons (Fsp3) is 0.538. The van der Waals surface area contributed by atoms with Crippen molar-refractivity contribution in [2.24, 2.45) is 0 Å². The summed E-state index contributed by atoms with van der Waals surface area (Å²) < 4.78 is 1.86. The largest absolute Gasteiger partial charge is 0.391 e. The monoisotopic (exact) mass is 261 g/mol. The number of aliphatic hydroxyl groups is 1. The quantitative estimate of drug-likeness (QED) is 0.844. The second-order valence-corrected chi connectivity index (χ2v) is 5.18. The number of aliphatic hydroxyl groups excluding tert-OH is 1.